The number of aliphatic hydroxyl groups excluding tert-OH is 1. The van der Waals surface area contributed by atoms with Gasteiger partial charge in [-0.25, -0.2) is 9.13 Å². The lowest BCUT2D eigenvalue weighted by Gasteiger charge is -2.21. The molecule has 0 amide bonds. The lowest BCUT2D eigenvalue weighted by Crippen LogP contribution is -2.30. The summed E-state index contributed by atoms with van der Waals surface area (Å²) in [5.41, 5.74) is 0. The Morgan fingerprint density at radius 1 is 0.315 bits per heavy atom. The molecule has 7 atom stereocenters. The van der Waals surface area contributed by atoms with E-state index in [0.29, 0.717) is 25.7 Å². The summed E-state index contributed by atoms with van der Waals surface area (Å²) in [6.45, 7) is 9.43. The minimum Gasteiger partial charge on any atom is -0.462 e. The van der Waals surface area contributed by atoms with Crippen molar-refractivity contribution in [2.45, 2.75) is 374 Å². The second kappa shape index (κ2) is 62.2. The van der Waals surface area contributed by atoms with Gasteiger partial charge in [0.15, 0.2) is 12.2 Å². The predicted molar refractivity (Wildman–Crippen MR) is 358 cm³/mol. The molecule has 3 N–H and O–H groups in total. The van der Waals surface area contributed by atoms with E-state index in [2.05, 4.69) is 41.5 Å². The van der Waals surface area contributed by atoms with Crippen LogP contribution in [0.3, 0.4) is 0 Å². The standard InChI is InChI=1S/C70H136O17P2/c1-7-11-13-15-16-17-18-19-20-21-22-23-24-25-26-27-32-35-42-48-54-69(74)86-66(59-81-68(73)53-47-41-34-31-29-28-30-33-39-44-50-62(5)9-3)61-85-89(78,79)83-57-64(71)56-82-88(76,77)84-60-65(58-80-67(72)52-46-38-14-12-8-2)87-70(75)55-49-43-37-36-40-45-51-63(6)10-4/h62-66,71H,7-61H2,1-6H3,(H,76,77)(H,78,79)/t62?,63?,64-,65+,66+/m0/s1. The van der Waals surface area contributed by atoms with E-state index >= 15 is 0 Å². The molecule has 17 nitrogen and oxygen atoms in total. The number of phosphoric ester groups is 2. The molecule has 0 spiro atoms. The fraction of sp³-hybridized carbons (Fsp3) is 0.943. The Morgan fingerprint density at radius 3 is 0.798 bits per heavy atom. The van der Waals surface area contributed by atoms with E-state index in [-0.39, 0.29) is 25.7 Å². The van der Waals surface area contributed by atoms with Gasteiger partial charge in [-0.3, -0.25) is 37.3 Å². The predicted octanol–water partition coefficient (Wildman–Crippen LogP) is 20.0. The Bertz CT molecular complexity index is 1740. The van der Waals surface area contributed by atoms with E-state index in [4.69, 9.17) is 37.0 Å². The first kappa shape index (κ1) is 87.1. The number of phosphoric acid groups is 2. The third-order valence-electron chi connectivity index (χ3n) is 16.9. The highest BCUT2D eigenvalue weighted by atomic mass is 31.2. The minimum absolute atomic E-state index is 0.102. The van der Waals surface area contributed by atoms with Crippen molar-refractivity contribution >= 4 is 39.5 Å². The van der Waals surface area contributed by atoms with Crippen LogP contribution in [0.4, 0.5) is 0 Å². The molecular weight excluding hydrogens is 1170 g/mol. The van der Waals surface area contributed by atoms with Gasteiger partial charge < -0.3 is 33.8 Å². The third-order valence-corrected chi connectivity index (χ3v) is 18.8. The molecule has 0 fully saturated rings. The van der Waals surface area contributed by atoms with Crippen molar-refractivity contribution in [2.24, 2.45) is 11.8 Å². The van der Waals surface area contributed by atoms with Gasteiger partial charge in [-0.1, -0.05) is 305 Å². The Hall–Kier alpha value is -1.94. The number of hydrogen-bond donors (Lipinski definition) is 3. The number of ether oxygens (including phenoxy) is 4. The van der Waals surface area contributed by atoms with Crippen molar-refractivity contribution in [2.75, 3.05) is 39.6 Å². The molecule has 0 rings (SSSR count). The Morgan fingerprint density at radius 2 is 0.539 bits per heavy atom. The van der Waals surface area contributed by atoms with Crippen LogP contribution in [-0.2, 0) is 65.4 Å². The summed E-state index contributed by atoms with van der Waals surface area (Å²) in [5.74, 6) is -0.609. The van der Waals surface area contributed by atoms with Gasteiger partial charge in [0, 0.05) is 25.7 Å². The number of esters is 4. The van der Waals surface area contributed by atoms with Gasteiger partial charge in [0.2, 0.25) is 0 Å². The average Bonchev–Trinajstić information content (AvgIpc) is 3.73. The number of hydrogen-bond acceptors (Lipinski definition) is 15. The molecule has 0 heterocycles. The van der Waals surface area contributed by atoms with E-state index in [9.17, 15) is 43.2 Å². The van der Waals surface area contributed by atoms with Crippen LogP contribution in [0.2, 0.25) is 0 Å². The molecule has 0 aliphatic carbocycles. The SMILES string of the molecule is CCCCCCCCCCCCCCCCCCCCCCC(=O)O[C@H](COC(=O)CCCCCCCCCCCCC(C)CC)COP(=O)(O)OC[C@@H](O)COP(=O)(O)OC[C@@H](COC(=O)CCCCCCC)OC(=O)CCCCCCCCC(C)CC. The van der Waals surface area contributed by atoms with Gasteiger partial charge >= 0.3 is 39.5 Å². The molecular formula is C70H136O17P2. The number of aliphatic hydroxyl groups is 1. The average molecular weight is 1310 g/mol. The summed E-state index contributed by atoms with van der Waals surface area (Å²) in [4.78, 5) is 72.2. The van der Waals surface area contributed by atoms with Crippen molar-refractivity contribution in [1.29, 1.82) is 0 Å². The maximum absolute atomic E-state index is 13.0. The smallest absolute Gasteiger partial charge is 0.462 e. The van der Waals surface area contributed by atoms with Crippen LogP contribution in [0.25, 0.3) is 0 Å². The lowest BCUT2D eigenvalue weighted by molar-refractivity contribution is -0.161. The summed E-state index contributed by atoms with van der Waals surface area (Å²) in [5, 5.41) is 10.5. The van der Waals surface area contributed by atoms with Crippen molar-refractivity contribution in [3.8, 4) is 0 Å². The van der Waals surface area contributed by atoms with Crippen LogP contribution < -0.4 is 0 Å². The van der Waals surface area contributed by atoms with Gasteiger partial charge in [-0.2, -0.15) is 0 Å². The molecule has 4 unspecified atom stereocenters. The molecule has 0 aliphatic rings. The zero-order valence-corrected chi connectivity index (χ0v) is 59.5. The lowest BCUT2D eigenvalue weighted by atomic mass is 9.99. The zero-order chi connectivity index (χ0) is 65.7. The van der Waals surface area contributed by atoms with E-state index in [0.717, 1.165) is 108 Å². The third kappa shape index (κ3) is 62.0. The highest BCUT2D eigenvalue weighted by Gasteiger charge is 2.30. The fourth-order valence-corrected chi connectivity index (χ4v) is 12.1. The molecule has 89 heavy (non-hydrogen) atoms. The molecule has 0 saturated heterocycles. The van der Waals surface area contributed by atoms with Gasteiger partial charge in [0.25, 0.3) is 0 Å². The molecule has 0 radical (unpaired) electrons. The quantitative estimate of drug-likeness (QED) is 0.0222. The normalized spacial score (nSPS) is 14.8. The first-order chi connectivity index (χ1) is 42.9. The maximum Gasteiger partial charge on any atom is 0.472 e. The molecule has 0 bridgehead atoms. The van der Waals surface area contributed by atoms with Gasteiger partial charge in [-0.05, 0) is 37.5 Å². The van der Waals surface area contributed by atoms with Crippen molar-refractivity contribution in [1.82, 2.24) is 0 Å². The van der Waals surface area contributed by atoms with E-state index in [1.54, 1.807) is 0 Å². The summed E-state index contributed by atoms with van der Waals surface area (Å²) in [7, 11) is -9.89. The Kier molecular flexibility index (Phi) is 60.8. The highest BCUT2D eigenvalue weighted by Crippen LogP contribution is 2.45. The van der Waals surface area contributed by atoms with Crippen LogP contribution in [-0.4, -0.2) is 96.7 Å². The van der Waals surface area contributed by atoms with Gasteiger partial charge in [0.05, 0.1) is 26.4 Å². The fourth-order valence-electron chi connectivity index (χ4n) is 10.5. The Labute approximate surface area is 543 Å². The summed E-state index contributed by atoms with van der Waals surface area (Å²) >= 11 is 0. The van der Waals surface area contributed by atoms with Gasteiger partial charge in [0.1, 0.15) is 19.3 Å². The first-order valence-electron chi connectivity index (χ1n) is 36.6. The monoisotopic (exact) mass is 1310 g/mol. The molecule has 0 saturated carbocycles. The molecule has 528 valence electrons. The number of carbonyl (C=O) groups is 4. The summed E-state index contributed by atoms with van der Waals surface area (Å²) < 4.78 is 68.0. The van der Waals surface area contributed by atoms with Crippen LogP contribution >= 0.6 is 15.6 Å². The van der Waals surface area contributed by atoms with E-state index in [1.807, 2.05) is 0 Å². The van der Waals surface area contributed by atoms with Crippen LogP contribution in [0.15, 0.2) is 0 Å². The molecule has 19 heteroatoms. The maximum atomic E-state index is 13.0. The van der Waals surface area contributed by atoms with Crippen molar-refractivity contribution < 1.29 is 80.2 Å². The second-order valence-corrected chi connectivity index (χ2v) is 28.7. The second-order valence-electron chi connectivity index (χ2n) is 25.8. The van der Waals surface area contributed by atoms with Gasteiger partial charge in [-0.15, -0.1) is 0 Å². The van der Waals surface area contributed by atoms with Crippen LogP contribution in [0, 0.1) is 11.8 Å². The molecule has 0 aliphatic heterocycles. The Balaban J connectivity index is 5.14. The minimum atomic E-state index is -4.95. The zero-order valence-electron chi connectivity index (χ0n) is 57.7. The topological polar surface area (TPSA) is 237 Å². The molecule has 0 aromatic carbocycles. The number of carbonyl (C=O) groups excluding carboxylic acids is 4. The van der Waals surface area contributed by atoms with Crippen molar-refractivity contribution in [3.63, 3.8) is 0 Å². The molecule has 0 aromatic heterocycles. The van der Waals surface area contributed by atoms with Crippen LogP contribution in [0.1, 0.15) is 356 Å². The first-order valence-corrected chi connectivity index (χ1v) is 39.6. The highest BCUT2D eigenvalue weighted by molar-refractivity contribution is 7.47. The number of unbranched alkanes of at least 4 members (excludes halogenated alkanes) is 37. The van der Waals surface area contributed by atoms with E-state index in [1.165, 1.54) is 167 Å². The summed E-state index contributed by atoms with van der Waals surface area (Å²) in [6.07, 6.45) is 47.7. The van der Waals surface area contributed by atoms with Crippen LogP contribution in [0.5, 0.6) is 0 Å². The van der Waals surface area contributed by atoms with Crippen molar-refractivity contribution in [3.05, 3.63) is 0 Å². The number of rotatable bonds is 69. The largest absolute Gasteiger partial charge is 0.472 e. The summed E-state index contributed by atoms with van der Waals surface area (Å²) in [6, 6.07) is 0. The molecule has 0 aromatic rings. The van der Waals surface area contributed by atoms with E-state index < -0.39 is 97.5 Å².